The molecule has 2 aromatic rings. The minimum absolute atomic E-state index is 0.243. The summed E-state index contributed by atoms with van der Waals surface area (Å²) in [6.07, 6.45) is 3.43. The Morgan fingerprint density at radius 2 is 2.12 bits per heavy atom. The van der Waals surface area contributed by atoms with Crippen LogP contribution in [0.25, 0.3) is 5.69 Å². The predicted octanol–water partition coefficient (Wildman–Crippen LogP) is 2.72. The van der Waals surface area contributed by atoms with E-state index < -0.39 is 0 Å². The molecule has 0 spiro atoms. The molecule has 0 aliphatic heterocycles. The van der Waals surface area contributed by atoms with E-state index in [1.165, 1.54) is 6.07 Å². The molecule has 0 fully saturated rings. The van der Waals surface area contributed by atoms with Crippen molar-refractivity contribution in [3.05, 3.63) is 42.2 Å². The van der Waals surface area contributed by atoms with Gasteiger partial charge in [0.2, 0.25) is 0 Å². The van der Waals surface area contributed by atoms with Gasteiger partial charge in [0, 0.05) is 24.0 Å². The summed E-state index contributed by atoms with van der Waals surface area (Å²) in [4.78, 5) is 4.22. The Morgan fingerprint density at radius 1 is 1.38 bits per heavy atom. The number of nitrogen functional groups attached to an aromatic ring is 1. The van der Waals surface area contributed by atoms with Crippen LogP contribution in [0.3, 0.4) is 0 Å². The third kappa shape index (κ3) is 1.78. The number of hydrogen-bond donors (Lipinski definition) is 1. The van der Waals surface area contributed by atoms with Crippen LogP contribution in [0.1, 0.15) is 25.6 Å². The fourth-order valence-electron chi connectivity index (χ4n) is 1.66. The van der Waals surface area contributed by atoms with Gasteiger partial charge in [-0.2, -0.15) is 0 Å². The molecular weight excluding hydrogens is 205 g/mol. The van der Waals surface area contributed by atoms with Crippen molar-refractivity contribution >= 4 is 5.69 Å². The Kier molecular flexibility index (Phi) is 2.64. The average Bonchev–Trinajstić information content (AvgIpc) is 2.66. The third-order valence-electron chi connectivity index (χ3n) is 2.42. The van der Waals surface area contributed by atoms with E-state index >= 15 is 0 Å². The summed E-state index contributed by atoms with van der Waals surface area (Å²) in [5.74, 6) is 0.746. The minimum Gasteiger partial charge on any atom is -0.399 e. The Hall–Kier alpha value is -1.84. The number of nitrogens with two attached hydrogens (primary N) is 1. The molecule has 2 N–H and O–H groups in total. The van der Waals surface area contributed by atoms with Crippen LogP contribution in [0.4, 0.5) is 10.1 Å². The lowest BCUT2D eigenvalue weighted by atomic mass is 10.2. The molecule has 3 nitrogen and oxygen atoms in total. The summed E-state index contributed by atoms with van der Waals surface area (Å²) in [5, 5.41) is 0. The minimum atomic E-state index is -0.333. The normalized spacial score (nSPS) is 11.0. The molecule has 0 aliphatic carbocycles. The SMILES string of the molecule is CC(C)c1nccn1-c1ccc(N)cc1F. The summed E-state index contributed by atoms with van der Waals surface area (Å²) in [6, 6.07) is 4.67. The summed E-state index contributed by atoms with van der Waals surface area (Å²) < 4.78 is 15.5. The highest BCUT2D eigenvalue weighted by Crippen LogP contribution is 2.21. The van der Waals surface area contributed by atoms with Crippen LogP contribution in [-0.4, -0.2) is 9.55 Å². The van der Waals surface area contributed by atoms with Crippen LogP contribution < -0.4 is 5.73 Å². The van der Waals surface area contributed by atoms with Gasteiger partial charge >= 0.3 is 0 Å². The number of aromatic nitrogens is 2. The summed E-state index contributed by atoms with van der Waals surface area (Å²) in [7, 11) is 0. The van der Waals surface area contributed by atoms with E-state index in [1.54, 1.807) is 29.1 Å². The van der Waals surface area contributed by atoms with E-state index in [0.29, 0.717) is 11.4 Å². The molecule has 0 bridgehead atoms. The maximum Gasteiger partial charge on any atom is 0.149 e. The predicted molar refractivity (Wildman–Crippen MR) is 62.0 cm³/mol. The van der Waals surface area contributed by atoms with Crippen molar-refractivity contribution in [2.24, 2.45) is 0 Å². The van der Waals surface area contributed by atoms with E-state index in [0.717, 1.165) is 5.82 Å². The maximum atomic E-state index is 13.7. The molecule has 0 atom stereocenters. The second-order valence-electron chi connectivity index (χ2n) is 4.02. The molecule has 0 saturated carbocycles. The van der Waals surface area contributed by atoms with Crippen molar-refractivity contribution in [2.75, 3.05) is 5.73 Å². The zero-order chi connectivity index (χ0) is 11.7. The fraction of sp³-hybridized carbons (Fsp3) is 0.250. The van der Waals surface area contributed by atoms with Gasteiger partial charge in [-0.3, -0.25) is 0 Å². The van der Waals surface area contributed by atoms with Gasteiger partial charge in [-0.15, -0.1) is 0 Å². The van der Waals surface area contributed by atoms with E-state index in [-0.39, 0.29) is 11.7 Å². The van der Waals surface area contributed by atoms with Crippen LogP contribution in [0, 0.1) is 5.82 Å². The lowest BCUT2D eigenvalue weighted by Gasteiger charge is -2.11. The van der Waals surface area contributed by atoms with Gasteiger partial charge < -0.3 is 10.3 Å². The highest BCUT2D eigenvalue weighted by atomic mass is 19.1. The Labute approximate surface area is 93.7 Å². The van der Waals surface area contributed by atoms with Crippen LogP contribution >= 0.6 is 0 Å². The summed E-state index contributed by atoms with van der Waals surface area (Å²) >= 11 is 0. The highest BCUT2D eigenvalue weighted by Gasteiger charge is 2.11. The van der Waals surface area contributed by atoms with E-state index in [2.05, 4.69) is 4.98 Å². The standard InChI is InChI=1S/C12H14FN3/c1-8(2)12-15-5-6-16(12)11-4-3-9(14)7-10(11)13/h3-8H,14H2,1-2H3. The first-order valence-corrected chi connectivity index (χ1v) is 5.18. The zero-order valence-electron chi connectivity index (χ0n) is 9.31. The van der Waals surface area contributed by atoms with Crippen LogP contribution in [0.5, 0.6) is 0 Å². The number of nitrogens with zero attached hydrogens (tertiary/aromatic N) is 2. The smallest absolute Gasteiger partial charge is 0.149 e. The van der Waals surface area contributed by atoms with Crippen LogP contribution in [0.2, 0.25) is 0 Å². The quantitative estimate of drug-likeness (QED) is 0.789. The second-order valence-corrected chi connectivity index (χ2v) is 4.02. The third-order valence-corrected chi connectivity index (χ3v) is 2.42. The number of anilines is 1. The molecule has 0 saturated heterocycles. The van der Waals surface area contributed by atoms with Crippen molar-refractivity contribution in [3.63, 3.8) is 0 Å². The van der Waals surface area contributed by atoms with E-state index in [9.17, 15) is 4.39 Å². The van der Waals surface area contributed by atoms with Crippen LogP contribution in [-0.2, 0) is 0 Å². The van der Waals surface area contributed by atoms with Gasteiger partial charge in [0.05, 0.1) is 5.69 Å². The molecular formula is C12H14FN3. The van der Waals surface area contributed by atoms with Crippen molar-refractivity contribution in [1.82, 2.24) is 9.55 Å². The number of halogens is 1. The number of hydrogen-bond acceptors (Lipinski definition) is 2. The Balaban J connectivity index is 2.54. The Morgan fingerprint density at radius 3 is 2.75 bits per heavy atom. The lowest BCUT2D eigenvalue weighted by molar-refractivity contribution is 0.612. The van der Waals surface area contributed by atoms with Crippen molar-refractivity contribution in [3.8, 4) is 5.69 Å². The molecule has 0 amide bonds. The average molecular weight is 219 g/mol. The fourth-order valence-corrected chi connectivity index (χ4v) is 1.66. The number of rotatable bonds is 2. The molecule has 4 heteroatoms. The first-order valence-electron chi connectivity index (χ1n) is 5.18. The molecule has 0 aliphatic rings. The molecule has 1 aromatic carbocycles. The monoisotopic (exact) mass is 219 g/mol. The van der Waals surface area contributed by atoms with Crippen LogP contribution in [0.15, 0.2) is 30.6 Å². The van der Waals surface area contributed by atoms with Gasteiger partial charge in [-0.1, -0.05) is 13.8 Å². The first-order chi connectivity index (χ1) is 7.59. The molecule has 1 heterocycles. The van der Waals surface area contributed by atoms with Gasteiger partial charge in [-0.25, -0.2) is 9.37 Å². The second kappa shape index (κ2) is 3.96. The molecule has 2 rings (SSSR count). The van der Waals surface area contributed by atoms with Gasteiger partial charge in [0.1, 0.15) is 11.6 Å². The van der Waals surface area contributed by atoms with Crippen molar-refractivity contribution in [1.29, 1.82) is 0 Å². The first kappa shape index (κ1) is 10.7. The molecule has 84 valence electrons. The van der Waals surface area contributed by atoms with Gasteiger partial charge in [-0.05, 0) is 18.2 Å². The molecule has 16 heavy (non-hydrogen) atoms. The topological polar surface area (TPSA) is 43.8 Å². The highest BCUT2D eigenvalue weighted by molar-refractivity contribution is 5.46. The van der Waals surface area contributed by atoms with Gasteiger partial charge in [0.25, 0.3) is 0 Å². The van der Waals surface area contributed by atoms with Crippen molar-refractivity contribution in [2.45, 2.75) is 19.8 Å². The van der Waals surface area contributed by atoms with Crippen molar-refractivity contribution < 1.29 is 4.39 Å². The molecule has 0 unspecified atom stereocenters. The maximum absolute atomic E-state index is 13.7. The molecule has 0 radical (unpaired) electrons. The molecule has 1 aromatic heterocycles. The Bertz CT molecular complexity index is 503. The van der Waals surface area contributed by atoms with Gasteiger partial charge in [0.15, 0.2) is 0 Å². The number of imidazole rings is 1. The summed E-state index contributed by atoms with van der Waals surface area (Å²) in [6.45, 7) is 4.04. The largest absolute Gasteiger partial charge is 0.399 e. The summed E-state index contributed by atoms with van der Waals surface area (Å²) in [5.41, 5.74) is 6.42. The lowest BCUT2D eigenvalue weighted by Crippen LogP contribution is -2.04. The van der Waals surface area contributed by atoms with E-state index in [4.69, 9.17) is 5.73 Å². The number of benzene rings is 1. The van der Waals surface area contributed by atoms with E-state index in [1.807, 2.05) is 13.8 Å². The zero-order valence-corrected chi connectivity index (χ0v) is 9.31.